The first-order chi connectivity index (χ1) is 16.1. The van der Waals surface area contributed by atoms with Crippen molar-refractivity contribution in [3.63, 3.8) is 0 Å². The third kappa shape index (κ3) is 8.80. The number of carboxylic acid groups (broad SMARTS) is 1. The molecule has 2 rings (SSSR count). The van der Waals surface area contributed by atoms with Crippen molar-refractivity contribution in [1.29, 1.82) is 0 Å². The highest BCUT2D eigenvalue weighted by Gasteiger charge is 2.27. The maximum absolute atomic E-state index is 12.5. The number of rotatable bonds is 14. The van der Waals surface area contributed by atoms with Gasteiger partial charge in [-0.3, -0.25) is 9.59 Å². The fourth-order valence-electron chi connectivity index (χ4n) is 3.84. The van der Waals surface area contributed by atoms with Crippen LogP contribution in [0.3, 0.4) is 0 Å². The molecule has 0 aromatic heterocycles. The Labute approximate surface area is 207 Å². The summed E-state index contributed by atoms with van der Waals surface area (Å²) >= 11 is 1.24. The average Bonchev–Trinajstić information content (AvgIpc) is 2.81. The van der Waals surface area contributed by atoms with Crippen molar-refractivity contribution in [3.8, 4) is 0 Å². The Bertz CT molecular complexity index is 1020. The Morgan fingerprint density at radius 2 is 1.68 bits per heavy atom. The molecule has 8 heteroatoms. The third-order valence-electron chi connectivity index (χ3n) is 5.93. The first kappa shape index (κ1) is 27.9. The van der Waals surface area contributed by atoms with Crippen LogP contribution in [0.15, 0.2) is 59.5 Å². The van der Waals surface area contributed by atoms with Gasteiger partial charge in [-0.15, -0.1) is 11.8 Å². The highest BCUT2D eigenvalue weighted by atomic mass is 32.3. The highest BCUT2D eigenvalue weighted by Crippen LogP contribution is 2.30. The van der Waals surface area contributed by atoms with Crippen LogP contribution in [0, 0.1) is 18.8 Å². The van der Waals surface area contributed by atoms with Crippen LogP contribution in [-0.2, 0) is 19.4 Å². The Hall–Kier alpha value is -2.32. The summed E-state index contributed by atoms with van der Waals surface area (Å²) in [6.45, 7) is 6.02. The summed E-state index contributed by atoms with van der Waals surface area (Å²) in [5.41, 5.74) is 2.12. The Kier molecular flexibility index (Phi) is 11.1. The monoisotopic (exact) mass is 505 g/mol. The zero-order chi connectivity index (χ0) is 25.1. The number of aryl methyl sites for hydroxylation is 1. The zero-order valence-corrected chi connectivity index (χ0v) is 21.7. The fourth-order valence-corrected chi connectivity index (χ4v) is 6.53. The number of benzene rings is 2. The van der Waals surface area contributed by atoms with Crippen molar-refractivity contribution in [1.82, 2.24) is 5.32 Å². The first-order valence-electron chi connectivity index (χ1n) is 11.6. The van der Waals surface area contributed by atoms with E-state index in [4.69, 9.17) is 0 Å². The number of sulfone groups is 1. The lowest BCUT2D eigenvalue weighted by Crippen LogP contribution is -2.33. The van der Waals surface area contributed by atoms with Crippen LogP contribution in [0.4, 0.5) is 0 Å². The highest BCUT2D eigenvalue weighted by molar-refractivity contribution is 8.12. The van der Waals surface area contributed by atoms with Crippen molar-refractivity contribution < 1.29 is 23.1 Å². The van der Waals surface area contributed by atoms with Crippen molar-refractivity contribution in [2.45, 2.75) is 50.8 Å². The van der Waals surface area contributed by atoms with Crippen molar-refractivity contribution in [3.05, 3.63) is 65.7 Å². The van der Waals surface area contributed by atoms with Crippen LogP contribution in [0.5, 0.6) is 0 Å². The number of hydrogen-bond acceptors (Lipinski definition) is 5. The minimum atomic E-state index is -3.37. The van der Waals surface area contributed by atoms with Gasteiger partial charge in [-0.1, -0.05) is 61.9 Å². The van der Waals surface area contributed by atoms with Crippen LogP contribution >= 0.6 is 11.8 Å². The molecule has 0 aliphatic heterocycles. The molecule has 2 aromatic rings. The Morgan fingerprint density at radius 3 is 2.26 bits per heavy atom. The van der Waals surface area contributed by atoms with E-state index < -0.39 is 27.6 Å². The largest absolute Gasteiger partial charge is 0.481 e. The number of aliphatic carboxylic acids is 1. The van der Waals surface area contributed by atoms with Crippen LogP contribution in [0.25, 0.3) is 0 Å². The van der Waals surface area contributed by atoms with E-state index in [1.165, 1.54) is 11.8 Å². The second-order valence-corrected chi connectivity index (χ2v) is 12.1. The maximum atomic E-state index is 12.5. The van der Waals surface area contributed by atoms with E-state index >= 15 is 0 Å². The minimum absolute atomic E-state index is 0.0551. The van der Waals surface area contributed by atoms with Gasteiger partial charge in [0.05, 0.1) is 10.8 Å². The summed E-state index contributed by atoms with van der Waals surface area (Å²) in [4.78, 5) is 24.7. The maximum Gasteiger partial charge on any atom is 0.306 e. The molecule has 6 nitrogen and oxygen atoms in total. The summed E-state index contributed by atoms with van der Waals surface area (Å²) in [5, 5.41) is 12.5. The molecule has 0 aliphatic rings. The van der Waals surface area contributed by atoms with Crippen LogP contribution in [0.2, 0.25) is 0 Å². The predicted molar refractivity (Wildman–Crippen MR) is 138 cm³/mol. The lowest BCUT2D eigenvalue weighted by molar-refractivity contribution is -0.143. The molecule has 186 valence electrons. The number of carbonyl (C=O) groups excluding carboxylic acids is 1. The molecule has 0 saturated carbocycles. The molecular formula is C26H35NO5S2. The van der Waals surface area contributed by atoms with Crippen LogP contribution in [-0.4, -0.2) is 42.8 Å². The smallest absolute Gasteiger partial charge is 0.306 e. The minimum Gasteiger partial charge on any atom is -0.481 e. The Morgan fingerprint density at radius 1 is 1.03 bits per heavy atom. The number of carbonyl (C=O) groups is 2. The van der Waals surface area contributed by atoms with Gasteiger partial charge in [0.2, 0.25) is 5.91 Å². The van der Waals surface area contributed by atoms with Crippen LogP contribution in [0.1, 0.15) is 50.2 Å². The number of nitrogens with one attached hydrogen (secondary N) is 1. The van der Waals surface area contributed by atoms with Crippen molar-refractivity contribution >= 4 is 33.5 Å². The lowest BCUT2D eigenvalue weighted by Gasteiger charge is -2.22. The van der Waals surface area contributed by atoms with Gasteiger partial charge in [-0.05, 0) is 49.8 Å². The van der Waals surface area contributed by atoms with Gasteiger partial charge in [0.1, 0.15) is 5.08 Å². The van der Waals surface area contributed by atoms with Gasteiger partial charge < -0.3 is 10.4 Å². The molecule has 3 unspecified atom stereocenters. The number of hydrogen-bond donors (Lipinski definition) is 2. The van der Waals surface area contributed by atoms with Crippen LogP contribution < -0.4 is 5.32 Å². The van der Waals surface area contributed by atoms with E-state index in [1.807, 2.05) is 44.2 Å². The third-order valence-corrected chi connectivity index (χ3v) is 9.32. The zero-order valence-electron chi connectivity index (χ0n) is 20.1. The topological polar surface area (TPSA) is 101 Å². The van der Waals surface area contributed by atoms with E-state index in [2.05, 4.69) is 5.32 Å². The first-order valence-corrected chi connectivity index (χ1v) is 14.4. The lowest BCUT2D eigenvalue weighted by atomic mass is 9.83. The van der Waals surface area contributed by atoms with Gasteiger partial charge in [-0.25, -0.2) is 8.42 Å². The molecule has 0 spiro atoms. The molecule has 3 atom stereocenters. The predicted octanol–water partition coefficient (Wildman–Crippen LogP) is 4.89. The van der Waals surface area contributed by atoms with Crippen molar-refractivity contribution in [2.75, 3.05) is 17.4 Å². The molecular weight excluding hydrogens is 470 g/mol. The number of thioether (sulfide) groups is 1. The number of carboxylic acids is 1. The molecule has 1 amide bonds. The molecule has 0 heterocycles. The van der Waals surface area contributed by atoms with Gasteiger partial charge in [-0.2, -0.15) is 0 Å². The molecule has 0 fully saturated rings. The standard InChI is InChI=1S/C26H35NO5S2/c1-4-21(22-8-6-5-7-9-22)17-23(26(29)30)16-20(3)25(28)27-14-15-33-18-34(31,32)24-12-10-19(2)11-13-24/h5-13,20-21,23H,4,14-18H2,1-3H3,(H,27,28)(H,29,30). The summed E-state index contributed by atoms with van der Waals surface area (Å²) < 4.78 is 24.8. The van der Waals surface area contributed by atoms with Gasteiger partial charge in [0.15, 0.2) is 9.84 Å². The molecule has 2 aromatic carbocycles. The fraction of sp³-hybridized carbons (Fsp3) is 0.462. The van der Waals surface area contributed by atoms with E-state index in [0.717, 1.165) is 17.5 Å². The number of amides is 1. The van der Waals surface area contributed by atoms with E-state index in [-0.39, 0.29) is 23.3 Å². The van der Waals surface area contributed by atoms with Crippen molar-refractivity contribution in [2.24, 2.45) is 11.8 Å². The quantitative estimate of drug-likeness (QED) is 0.355. The molecule has 0 saturated heterocycles. The molecule has 0 bridgehead atoms. The summed E-state index contributed by atoms with van der Waals surface area (Å²) in [6.07, 6.45) is 1.58. The molecule has 0 aliphatic carbocycles. The van der Waals surface area contributed by atoms with Gasteiger partial charge in [0, 0.05) is 18.2 Å². The average molecular weight is 506 g/mol. The molecule has 34 heavy (non-hydrogen) atoms. The normalized spacial score (nSPS) is 14.2. The van der Waals surface area contributed by atoms with Gasteiger partial charge in [0.25, 0.3) is 0 Å². The van der Waals surface area contributed by atoms with E-state index in [1.54, 1.807) is 31.2 Å². The summed E-state index contributed by atoms with van der Waals surface area (Å²) in [5.74, 6) is -1.57. The molecule has 0 radical (unpaired) electrons. The van der Waals surface area contributed by atoms with E-state index in [9.17, 15) is 23.1 Å². The summed E-state index contributed by atoms with van der Waals surface area (Å²) in [6, 6.07) is 16.6. The molecule has 2 N–H and O–H groups in total. The van der Waals surface area contributed by atoms with Gasteiger partial charge >= 0.3 is 5.97 Å². The second-order valence-electron chi connectivity index (χ2n) is 8.67. The Balaban J connectivity index is 1.79. The second kappa shape index (κ2) is 13.5. The summed E-state index contributed by atoms with van der Waals surface area (Å²) in [7, 11) is -3.37. The SMILES string of the molecule is CCC(CC(CC(C)C(=O)NCCSCS(=O)(=O)c1ccc(C)cc1)C(=O)O)c1ccccc1. The van der Waals surface area contributed by atoms with E-state index in [0.29, 0.717) is 23.6 Å².